The normalized spacial score (nSPS) is 23.6. The highest BCUT2D eigenvalue weighted by Crippen LogP contribution is 2.22. The van der Waals surface area contributed by atoms with Gasteiger partial charge in [-0.3, -0.25) is 9.59 Å². The van der Waals surface area contributed by atoms with Gasteiger partial charge in [-0.2, -0.15) is 0 Å². The summed E-state index contributed by atoms with van der Waals surface area (Å²) in [5.74, 6) is -0.818. The first-order valence-corrected chi connectivity index (χ1v) is 15.6. The van der Waals surface area contributed by atoms with E-state index in [-0.39, 0.29) is 32.0 Å². The molecule has 0 aromatic carbocycles. The SMILES string of the molecule is CCCCCCCCCCC(=O)OC[C@H](CO[C@@H]1O[C@H](CO)[C@H](O)C(O)C1O)OC(=O)CCCCCCCCC. The Hall–Kier alpha value is -1.30. The average Bonchev–Trinajstić information content (AvgIpc) is 2.95. The van der Waals surface area contributed by atoms with Crippen LogP contribution in [0.2, 0.25) is 0 Å². The highest BCUT2D eigenvalue weighted by atomic mass is 16.7. The number of unbranched alkanes of at least 4 members (excludes halogenated alkanes) is 13. The summed E-state index contributed by atoms with van der Waals surface area (Å²) in [7, 11) is 0. The van der Waals surface area contributed by atoms with E-state index in [0.717, 1.165) is 38.5 Å². The van der Waals surface area contributed by atoms with Crippen molar-refractivity contribution in [2.24, 2.45) is 0 Å². The van der Waals surface area contributed by atoms with Crippen molar-refractivity contribution in [1.29, 1.82) is 0 Å². The number of carbonyl (C=O) groups is 2. The topological polar surface area (TPSA) is 152 Å². The van der Waals surface area contributed by atoms with Crippen LogP contribution in [0.1, 0.15) is 123 Å². The standard InChI is InChI=1S/C30H56O10/c1-3-5-7-9-11-13-14-16-18-25(32)37-21-23(39-26(33)19-17-15-12-10-8-6-4-2)22-38-30-29(36)28(35)27(34)24(20-31)40-30/h23-24,27-31,34-36H,3-22H2,1-2H3/t23-,24-,27+,28?,29?,30-/m1/s1. The molecule has 1 saturated heterocycles. The smallest absolute Gasteiger partial charge is 0.306 e. The zero-order chi connectivity index (χ0) is 29.6. The molecule has 236 valence electrons. The van der Waals surface area contributed by atoms with E-state index in [1.54, 1.807) is 0 Å². The van der Waals surface area contributed by atoms with E-state index >= 15 is 0 Å². The highest BCUT2D eigenvalue weighted by Gasteiger charge is 2.44. The minimum atomic E-state index is -1.58. The Morgan fingerprint density at radius 2 is 1.18 bits per heavy atom. The van der Waals surface area contributed by atoms with Crippen LogP contribution in [-0.4, -0.2) is 89.0 Å². The van der Waals surface area contributed by atoms with Crippen molar-refractivity contribution in [3.63, 3.8) is 0 Å². The second-order valence-corrected chi connectivity index (χ2v) is 10.9. The second kappa shape index (κ2) is 23.3. The van der Waals surface area contributed by atoms with E-state index in [1.165, 1.54) is 51.4 Å². The third-order valence-corrected chi connectivity index (χ3v) is 7.24. The van der Waals surface area contributed by atoms with Gasteiger partial charge in [0.15, 0.2) is 12.4 Å². The number of aliphatic hydroxyl groups is 4. The number of hydrogen-bond acceptors (Lipinski definition) is 10. The third-order valence-electron chi connectivity index (χ3n) is 7.24. The molecule has 1 heterocycles. The maximum absolute atomic E-state index is 12.5. The van der Waals surface area contributed by atoms with Crippen molar-refractivity contribution in [1.82, 2.24) is 0 Å². The Morgan fingerprint density at radius 3 is 1.70 bits per heavy atom. The van der Waals surface area contributed by atoms with Crippen molar-refractivity contribution in [3.8, 4) is 0 Å². The Kier molecular flexibility index (Phi) is 21.4. The van der Waals surface area contributed by atoms with Crippen molar-refractivity contribution in [2.45, 2.75) is 160 Å². The van der Waals surface area contributed by atoms with Crippen LogP contribution in [0.15, 0.2) is 0 Å². The van der Waals surface area contributed by atoms with Crippen LogP contribution < -0.4 is 0 Å². The van der Waals surface area contributed by atoms with Crippen molar-refractivity contribution in [3.05, 3.63) is 0 Å². The van der Waals surface area contributed by atoms with E-state index in [9.17, 15) is 30.0 Å². The van der Waals surface area contributed by atoms with Crippen LogP contribution in [0.3, 0.4) is 0 Å². The summed E-state index contributed by atoms with van der Waals surface area (Å²) in [4.78, 5) is 24.8. The van der Waals surface area contributed by atoms with Gasteiger partial charge in [-0.1, -0.05) is 97.3 Å². The Morgan fingerprint density at radius 1 is 0.675 bits per heavy atom. The number of carbonyl (C=O) groups excluding carboxylic acids is 2. The molecule has 10 heteroatoms. The molecule has 0 aromatic rings. The Labute approximate surface area is 240 Å². The maximum atomic E-state index is 12.5. The molecule has 0 bridgehead atoms. The van der Waals surface area contributed by atoms with Crippen molar-refractivity contribution in [2.75, 3.05) is 19.8 Å². The molecular formula is C30H56O10. The van der Waals surface area contributed by atoms with E-state index in [4.69, 9.17) is 18.9 Å². The van der Waals surface area contributed by atoms with Crippen molar-refractivity contribution >= 4 is 11.9 Å². The molecule has 0 aromatic heterocycles. The van der Waals surface area contributed by atoms with Crippen molar-refractivity contribution < 1.29 is 49.0 Å². The number of aliphatic hydroxyl groups excluding tert-OH is 4. The number of ether oxygens (including phenoxy) is 4. The Balaban J connectivity index is 2.50. The predicted molar refractivity (Wildman–Crippen MR) is 150 cm³/mol. The highest BCUT2D eigenvalue weighted by molar-refractivity contribution is 5.70. The molecule has 2 unspecified atom stereocenters. The molecule has 1 rings (SSSR count). The fraction of sp³-hybridized carbons (Fsp3) is 0.933. The molecule has 0 spiro atoms. The zero-order valence-corrected chi connectivity index (χ0v) is 24.8. The van der Waals surface area contributed by atoms with Crippen LogP contribution in [0, 0.1) is 0 Å². The van der Waals surface area contributed by atoms with Gasteiger partial charge in [-0.05, 0) is 12.8 Å². The molecule has 0 radical (unpaired) electrons. The summed E-state index contributed by atoms with van der Waals surface area (Å²) < 4.78 is 21.8. The number of hydrogen-bond donors (Lipinski definition) is 4. The lowest BCUT2D eigenvalue weighted by Gasteiger charge is -2.39. The molecule has 0 aliphatic carbocycles. The van der Waals surface area contributed by atoms with E-state index < -0.39 is 49.4 Å². The van der Waals surface area contributed by atoms with Gasteiger partial charge in [0.05, 0.1) is 13.2 Å². The second-order valence-electron chi connectivity index (χ2n) is 10.9. The summed E-state index contributed by atoms with van der Waals surface area (Å²) in [5, 5.41) is 39.5. The maximum Gasteiger partial charge on any atom is 0.306 e. The molecule has 4 N–H and O–H groups in total. The molecule has 0 saturated carbocycles. The van der Waals surface area contributed by atoms with E-state index in [0.29, 0.717) is 6.42 Å². The lowest BCUT2D eigenvalue weighted by molar-refractivity contribution is -0.305. The summed E-state index contributed by atoms with van der Waals surface area (Å²) in [6, 6.07) is 0. The molecule has 1 aliphatic heterocycles. The predicted octanol–water partition coefficient (Wildman–Crippen LogP) is 3.93. The third kappa shape index (κ3) is 16.2. The fourth-order valence-corrected chi connectivity index (χ4v) is 4.66. The van der Waals surface area contributed by atoms with Gasteiger partial charge in [-0.15, -0.1) is 0 Å². The van der Waals surface area contributed by atoms with Crippen LogP contribution in [0.25, 0.3) is 0 Å². The first-order chi connectivity index (χ1) is 19.3. The van der Waals surface area contributed by atoms with Crippen LogP contribution in [0.5, 0.6) is 0 Å². The van der Waals surface area contributed by atoms with Gasteiger partial charge in [0.2, 0.25) is 0 Å². The van der Waals surface area contributed by atoms with Crippen LogP contribution in [0.4, 0.5) is 0 Å². The van der Waals surface area contributed by atoms with Gasteiger partial charge in [-0.25, -0.2) is 0 Å². The largest absolute Gasteiger partial charge is 0.462 e. The summed E-state index contributed by atoms with van der Waals surface area (Å²) in [6.07, 6.45) is 8.75. The monoisotopic (exact) mass is 576 g/mol. The first kappa shape index (κ1) is 36.7. The minimum absolute atomic E-state index is 0.212. The van der Waals surface area contributed by atoms with Gasteiger partial charge in [0.1, 0.15) is 31.0 Å². The van der Waals surface area contributed by atoms with E-state index in [2.05, 4.69) is 13.8 Å². The lowest BCUT2D eigenvalue weighted by Crippen LogP contribution is -2.59. The number of esters is 2. The fourth-order valence-electron chi connectivity index (χ4n) is 4.66. The zero-order valence-electron chi connectivity index (χ0n) is 24.8. The molecule has 0 amide bonds. The lowest BCUT2D eigenvalue weighted by atomic mass is 9.99. The minimum Gasteiger partial charge on any atom is -0.462 e. The molecule has 10 nitrogen and oxygen atoms in total. The quantitative estimate of drug-likeness (QED) is 0.0982. The van der Waals surface area contributed by atoms with Crippen LogP contribution >= 0.6 is 0 Å². The molecule has 1 aliphatic rings. The molecule has 1 fully saturated rings. The van der Waals surface area contributed by atoms with E-state index in [1.807, 2.05) is 0 Å². The van der Waals surface area contributed by atoms with Gasteiger partial charge in [0, 0.05) is 12.8 Å². The Bertz CT molecular complexity index is 644. The van der Waals surface area contributed by atoms with Crippen LogP contribution in [-0.2, 0) is 28.5 Å². The molecule has 6 atom stereocenters. The molecular weight excluding hydrogens is 520 g/mol. The summed E-state index contributed by atoms with van der Waals surface area (Å²) >= 11 is 0. The average molecular weight is 577 g/mol. The number of rotatable bonds is 24. The van der Waals surface area contributed by atoms with Gasteiger partial charge < -0.3 is 39.4 Å². The first-order valence-electron chi connectivity index (χ1n) is 15.6. The summed E-state index contributed by atoms with van der Waals surface area (Å²) in [6.45, 7) is 3.29. The van der Waals surface area contributed by atoms with Gasteiger partial charge in [0.25, 0.3) is 0 Å². The van der Waals surface area contributed by atoms with Gasteiger partial charge >= 0.3 is 11.9 Å². The molecule has 40 heavy (non-hydrogen) atoms. The summed E-state index contributed by atoms with van der Waals surface area (Å²) in [5.41, 5.74) is 0.